The normalized spacial score (nSPS) is 21.2. The Morgan fingerprint density at radius 2 is 2.11 bits per heavy atom. The van der Waals surface area contributed by atoms with E-state index >= 15 is 0 Å². The molecule has 9 heteroatoms. The number of nitrogens with zero attached hydrogens (tertiary/aromatic N) is 5. The van der Waals surface area contributed by atoms with Crippen LogP contribution in [0.2, 0.25) is 0 Å². The molecule has 2 atom stereocenters. The predicted octanol–water partition coefficient (Wildman–Crippen LogP) is 0.639. The summed E-state index contributed by atoms with van der Waals surface area (Å²) in [5.41, 5.74) is 0.994. The van der Waals surface area contributed by atoms with Gasteiger partial charge >= 0.3 is 0 Å². The Balaban J connectivity index is 1.72. The van der Waals surface area contributed by atoms with Gasteiger partial charge in [0.2, 0.25) is 10.0 Å². The van der Waals surface area contributed by atoms with Crippen LogP contribution < -0.4 is 4.72 Å². The minimum absolute atomic E-state index is 0.147. The molecule has 0 bridgehead atoms. The third-order valence-corrected chi connectivity index (χ3v) is 6.22. The van der Waals surface area contributed by atoms with Crippen LogP contribution in [0.1, 0.15) is 12.6 Å². The summed E-state index contributed by atoms with van der Waals surface area (Å²) in [7, 11) is 0.432. The number of aryl methyl sites for hydroxylation is 1. The summed E-state index contributed by atoms with van der Waals surface area (Å²) >= 11 is 0. The molecule has 8 nitrogen and oxygen atoms in total. The van der Waals surface area contributed by atoms with Gasteiger partial charge in [-0.2, -0.15) is 5.10 Å². The van der Waals surface area contributed by atoms with Crippen molar-refractivity contribution >= 4 is 10.0 Å². The van der Waals surface area contributed by atoms with Gasteiger partial charge in [-0.1, -0.05) is 6.07 Å². The zero-order chi connectivity index (χ0) is 19.4. The van der Waals surface area contributed by atoms with E-state index in [4.69, 9.17) is 0 Å². The quantitative estimate of drug-likeness (QED) is 0.710. The highest BCUT2D eigenvalue weighted by atomic mass is 32.2. The van der Waals surface area contributed by atoms with Crippen LogP contribution in [-0.4, -0.2) is 72.8 Å². The second kappa shape index (κ2) is 8.47. The number of sulfonamides is 1. The van der Waals surface area contributed by atoms with Crippen molar-refractivity contribution in [2.45, 2.75) is 31.0 Å². The summed E-state index contributed by atoms with van der Waals surface area (Å²) in [5, 5.41) is 4.08. The molecular formula is C18H28N6O2S. The highest BCUT2D eigenvalue weighted by Crippen LogP contribution is 2.22. The first-order valence-corrected chi connectivity index (χ1v) is 10.7. The summed E-state index contributed by atoms with van der Waals surface area (Å²) < 4.78 is 30.1. The summed E-state index contributed by atoms with van der Waals surface area (Å²) in [4.78, 5) is 8.97. The molecule has 0 radical (unpaired) electrons. The maximum atomic E-state index is 12.8. The van der Waals surface area contributed by atoms with E-state index in [1.54, 1.807) is 17.1 Å². The maximum Gasteiger partial charge on any atom is 0.243 e. The third-order valence-electron chi connectivity index (χ3n) is 4.78. The van der Waals surface area contributed by atoms with Crippen LogP contribution in [0.3, 0.4) is 0 Å². The zero-order valence-electron chi connectivity index (χ0n) is 16.1. The van der Waals surface area contributed by atoms with Crippen LogP contribution in [0.15, 0.2) is 41.7 Å². The van der Waals surface area contributed by atoms with E-state index in [-0.39, 0.29) is 16.9 Å². The number of hydrogen-bond acceptors (Lipinski definition) is 6. The highest BCUT2D eigenvalue weighted by Gasteiger charge is 2.36. The van der Waals surface area contributed by atoms with Crippen molar-refractivity contribution in [3.05, 3.63) is 42.5 Å². The van der Waals surface area contributed by atoms with E-state index < -0.39 is 10.0 Å². The molecule has 0 unspecified atom stereocenters. The standard InChI is InChI=1S/C18H28N6O2S/c1-4-24-13-17(9-20-24)27(25,26)21-18-14-23(11-15(18)10-22(2)3)12-16-7-5-6-8-19-16/h5-9,13,15,18,21H,4,10-12,14H2,1-3H3/t15-,18-/m1/s1. The first-order valence-electron chi connectivity index (χ1n) is 9.19. The Labute approximate surface area is 161 Å². The van der Waals surface area contributed by atoms with Crippen LogP contribution in [0.25, 0.3) is 0 Å². The molecule has 0 aromatic carbocycles. The summed E-state index contributed by atoms with van der Waals surface area (Å²) in [6.07, 6.45) is 4.77. The molecule has 1 saturated heterocycles. The SMILES string of the molecule is CCn1cc(S(=O)(=O)N[C@@H]2CN(Cc3ccccn3)C[C@H]2CN(C)C)cn1. The van der Waals surface area contributed by atoms with Crippen LogP contribution in [-0.2, 0) is 23.1 Å². The molecule has 1 fully saturated rings. The fourth-order valence-corrected chi connectivity index (χ4v) is 4.77. The van der Waals surface area contributed by atoms with Gasteiger partial charge in [0, 0.05) is 57.1 Å². The largest absolute Gasteiger partial charge is 0.309 e. The smallest absolute Gasteiger partial charge is 0.243 e. The lowest BCUT2D eigenvalue weighted by atomic mass is 10.0. The summed E-state index contributed by atoms with van der Waals surface area (Å²) in [6, 6.07) is 5.72. The molecule has 1 aliphatic rings. The van der Waals surface area contributed by atoms with Gasteiger partial charge < -0.3 is 4.90 Å². The minimum atomic E-state index is -3.59. The van der Waals surface area contributed by atoms with E-state index in [1.165, 1.54) is 6.20 Å². The average Bonchev–Trinajstić information content (AvgIpc) is 3.23. The number of hydrogen-bond donors (Lipinski definition) is 1. The van der Waals surface area contributed by atoms with Crippen LogP contribution in [0, 0.1) is 5.92 Å². The first kappa shape index (κ1) is 19.9. The molecule has 3 rings (SSSR count). The molecule has 0 amide bonds. The van der Waals surface area contributed by atoms with Crippen molar-refractivity contribution in [1.29, 1.82) is 0 Å². The Kier molecular flexibility index (Phi) is 6.25. The maximum absolute atomic E-state index is 12.8. The van der Waals surface area contributed by atoms with E-state index in [0.717, 1.165) is 25.3 Å². The van der Waals surface area contributed by atoms with Gasteiger partial charge in [0.25, 0.3) is 0 Å². The Morgan fingerprint density at radius 1 is 1.30 bits per heavy atom. The van der Waals surface area contributed by atoms with Crippen LogP contribution >= 0.6 is 0 Å². The molecule has 1 N–H and O–H groups in total. The van der Waals surface area contributed by atoms with Crippen molar-refractivity contribution in [3.8, 4) is 0 Å². The van der Waals surface area contributed by atoms with Crippen molar-refractivity contribution in [3.63, 3.8) is 0 Å². The topological polar surface area (TPSA) is 83.4 Å². The van der Waals surface area contributed by atoms with E-state index in [1.807, 2.05) is 39.2 Å². The van der Waals surface area contributed by atoms with Crippen LogP contribution in [0.5, 0.6) is 0 Å². The van der Waals surface area contributed by atoms with Crippen molar-refractivity contribution in [2.24, 2.45) is 5.92 Å². The van der Waals surface area contributed by atoms with Gasteiger partial charge in [0.1, 0.15) is 4.90 Å². The zero-order valence-corrected chi connectivity index (χ0v) is 16.9. The molecule has 0 saturated carbocycles. The van der Waals surface area contributed by atoms with Gasteiger partial charge in [-0.05, 0) is 33.2 Å². The fraction of sp³-hybridized carbons (Fsp3) is 0.556. The average molecular weight is 393 g/mol. The predicted molar refractivity (Wildman–Crippen MR) is 104 cm³/mol. The molecule has 0 aliphatic carbocycles. The number of rotatable bonds is 8. The Morgan fingerprint density at radius 3 is 2.74 bits per heavy atom. The number of likely N-dealkylation sites (tertiary alicyclic amines) is 1. The van der Waals surface area contributed by atoms with E-state index in [0.29, 0.717) is 13.1 Å². The lowest BCUT2D eigenvalue weighted by Crippen LogP contribution is -2.43. The molecule has 0 spiro atoms. The van der Waals surface area contributed by atoms with Gasteiger partial charge in [-0.3, -0.25) is 14.6 Å². The van der Waals surface area contributed by atoms with Crippen molar-refractivity contribution < 1.29 is 8.42 Å². The Hall–Kier alpha value is -1.81. The summed E-state index contributed by atoms with van der Waals surface area (Å²) in [6.45, 7) is 5.60. The lowest BCUT2D eigenvalue weighted by molar-refractivity contribution is 0.282. The number of aromatic nitrogens is 3. The lowest BCUT2D eigenvalue weighted by Gasteiger charge is -2.22. The highest BCUT2D eigenvalue weighted by molar-refractivity contribution is 7.89. The molecule has 3 heterocycles. The van der Waals surface area contributed by atoms with E-state index in [9.17, 15) is 8.42 Å². The second-order valence-corrected chi connectivity index (χ2v) is 9.01. The van der Waals surface area contributed by atoms with Crippen molar-refractivity contribution in [2.75, 3.05) is 33.7 Å². The fourth-order valence-electron chi connectivity index (χ4n) is 3.52. The van der Waals surface area contributed by atoms with Gasteiger partial charge in [-0.15, -0.1) is 0 Å². The molecule has 1 aliphatic heterocycles. The Bertz CT molecular complexity index is 837. The molecule has 27 heavy (non-hydrogen) atoms. The van der Waals surface area contributed by atoms with Crippen molar-refractivity contribution in [1.82, 2.24) is 29.3 Å². The molecular weight excluding hydrogens is 364 g/mol. The first-order chi connectivity index (χ1) is 12.9. The van der Waals surface area contributed by atoms with E-state index in [2.05, 4.69) is 24.6 Å². The third kappa shape index (κ3) is 5.13. The van der Waals surface area contributed by atoms with Gasteiger partial charge in [0.15, 0.2) is 0 Å². The molecule has 148 valence electrons. The molecule has 2 aromatic heterocycles. The van der Waals surface area contributed by atoms with Gasteiger partial charge in [-0.25, -0.2) is 13.1 Å². The number of pyridine rings is 1. The molecule has 2 aromatic rings. The van der Waals surface area contributed by atoms with Crippen LogP contribution in [0.4, 0.5) is 0 Å². The number of nitrogens with one attached hydrogen (secondary N) is 1. The second-order valence-electron chi connectivity index (χ2n) is 7.30. The monoisotopic (exact) mass is 392 g/mol. The van der Waals surface area contributed by atoms with Gasteiger partial charge in [0.05, 0.1) is 11.9 Å². The summed E-state index contributed by atoms with van der Waals surface area (Å²) in [5.74, 6) is 0.208. The minimum Gasteiger partial charge on any atom is -0.309 e.